The van der Waals surface area contributed by atoms with Gasteiger partial charge in [-0.3, -0.25) is 9.59 Å². The number of imidazole rings is 1. The van der Waals surface area contributed by atoms with Gasteiger partial charge in [0.05, 0.1) is 12.6 Å². The molecule has 0 spiro atoms. The zero-order valence-electron chi connectivity index (χ0n) is 20.5. The van der Waals surface area contributed by atoms with Crippen molar-refractivity contribution in [3.05, 3.63) is 59.3 Å². The fourth-order valence-electron chi connectivity index (χ4n) is 4.34. The summed E-state index contributed by atoms with van der Waals surface area (Å²) in [5.74, 6) is 0.0188. The minimum atomic E-state index is -0.393. The number of nitrogens with zero attached hydrogens (tertiary/aromatic N) is 5. The lowest BCUT2D eigenvalue weighted by molar-refractivity contribution is -0.117. The van der Waals surface area contributed by atoms with Crippen LogP contribution in [0, 0.1) is 0 Å². The fourth-order valence-corrected chi connectivity index (χ4v) is 4.34. The maximum Gasteiger partial charge on any atom is 0.222 e. The van der Waals surface area contributed by atoms with Crippen LogP contribution in [0.25, 0.3) is 11.3 Å². The number of aromatic nitrogens is 5. The molecule has 0 fully saturated rings. The molecule has 4 rings (SSSR count). The molecule has 0 saturated heterocycles. The second-order valence-corrected chi connectivity index (χ2v) is 10.4. The first kappa shape index (κ1) is 23.4. The van der Waals surface area contributed by atoms with E-state index < -0.39 is 5.91 Å². The molecule has 0 saturated carbocycles. The molecule has 3 N–H and O–H groups in total. The van der Waals surface area contributed by atoms with Crippen molar-refractivity contribution < 1.29 is 9.59 Å². The summed E-state index contributed by atoms with van der Waals surface area (Å²) in [6, 6.07) is 5.64. The van der Waals surface area contributed by atoms with Crippen molar-refractivity contribution in [1.29, 1.82) is 0 Å². The molecular weight excluding hydrogens is 430 g/mol. The van der Waals surface area contributed by atoms with Crippen LogP contribution in [0.2, 0.25) is 0 Å². The molecule has 178 valence electrons. The van der Waals surface area contributed by atoms with Gasteiger partial charge < -0.3 is 15.5 Å². The van der Waals surface area contributed by atoms with E-state index in [9.17, 15) is 9.59 Å². The van der Waals surface area contributed by atoms with Gasteiger partial charge >= 0.3 is 0 Å². The van der Waals surface area contributed by atoms with Crippen LogP contribution in [-0.4, -0.2) is 35.8 Å². The van der Waals surface area contributed by atoms with Crippen molar-refractivity contribution in [1.82, 2.24) is 24.0 Å². The average Bonchev–Trinajstić information content (AvgIpc) is 3.31. The summed E-state index contributed by atoms with van der Waals surface area (Å²) in [5.41, 5.74) is 9.96. The maximum absolute atomic E-state index is 11.9. The van der Waals surface area contributed by atoms with Crippen molar-refractivity contribution in [3.8, 4) is 0 Å². The number of anilines is 1. The van der Waals surface area contributed by atoms with Gasteiger partial charge in [-0.15, -0.1) is 0 Å². The number of nitrogens with one attached hydrogen (secondary N) is 1. The van der Waals surface area contributed by atoms with Crippen LogP contribution in [0.1, 0.15) is 64.1 Å². The van der Waals surface area contributed by atoms with Crippen molar-refractivity contribution >= 4 is 28.9 Å². The molecule has 4 aromatic heterocycles. The number of hydrogen-bond acceptors (Lipinski definition) is 5. The quantitative estimate of drug-likeness (QED) is 0.457. The van der Waals surface area contributed by atoms with E-state index in [1.165, 1.54) is 6.92 Å². The van der Waals surface area contributed by atoms with Crippen molar-refractivity contribution in [2.24, 2.45) is 5.73 Å². The Kier molecular flexibility index (Phi) is 5.67. The molecule has 0 aliphatic rings. The molecule has 0 unspecified atom stereocenters. The highest BCUT2D eigenvalue weighted by atomic mass is 16.1. The standard InChI is InChI=1S/C25H31N7O2/c1-15(33)29-21-11-17(30-23-18(24(2,3)4)13-28-32(21)23)12-25(5,6)19-14-27-22-16(10-20(26)34)8-7-9-31(19)22/h7-9,11,13-14H,10,12H2,1-6H3,(H2,26,34)(H,29,33). The highest BCUT2D eigenvalue weighted by molar-refractivity contribution is 5.88. The molecule has 0 aromatic carbocycles. The van der Waals surface area contributed by atoms with E-state index in [4.69, 9.17) is 10.7 Å². The second-order valence-electron chi connectivity index (χ2n) is 10.4. The number of primary amides is 1. The first-order chi connectivity index (χ1) is 15.9. The van der Waals surface area contributed by atoms with E-state index in [-0.39, 0.29) is 23.2 Å². The Balaban J connectivity index is 1.80. The number of fused-ring (bicyclic) bond motifs is 2. The van der Waals surface area contributed by atoms with Crippen LogP contribution < -0.4 is 11.1 Å². The third-order valence-corrected chi connectivity index (χ3v) is 5.93. The summed E-state index contributed by atoms with van der Waals surface area (Å²) >= 11 is 0. The largest absolute Gasteiger partial charge is 0.369 e. The molecule has 0 aliphatic heterocycles. The lowest BCUT2D eigenvalue weighted by atomic mass is 9.84. The monoisotopic (exact) mass is 461 g/mol. The zero-order valence-corrected chi connectivity index (χ0v) is 20.5. The van der Waals surface area contributed by atoms with E-state index in [0.717, 1.165) is 33.8 Å². The lowest BCUT2D eigenvalue weighted by Crippen LogP contribution is -2.24. The van der Waals surface area contributed by atoms with Gasteiger partial charge in [0, 0.05) is 59.7 Å². The molecule has 9 heteroatoms. The van der Waals surface area contributed by atoms with E-state index in [2.05, 4.69) is 50.0 Å². The number of carbonyl (C=O) groups excluding carboxylic acids is 2. The number of amides is 2. The van der Waals surface area contributed by atoms with Gasteiger partial charge in [0.2, 0.25) is 11.8 Å². The van der Waals surface area contributed by atoms with Gasteiger partial charge in [0.25, 0.3) is 0 Å². The molecule has 4 aromatic rings. The minimum absolute atomic E-state index is 0.135. The van der Waals surface area contributed by atoms with Crippen LogP contribution >= 0.6 is 0 Å². The highest BCUT2D eigenvalue weighted by Crippen LogP contribution is 2.32. The smallest absolute Gasteiger partial charge is 0.222 e. The van der Waals surface area contributed by atoms with Crippen LogP contribution in [0.5, 0.6) is 0 Å². The summed E-state index contributed by atoms with van der Waals surface area (Å²) in [6.07, 6.45) is 6.33. The zero-order chi connectivity index (χ0) is 24.8. The number of carbonyl (C=O) groups is 2. The van der Waals surface area contributed by atoms with Crippen LogP contribution in [0.4, 0.5) is 5.82 Å². The molecule has 4 heterocycles. The summed E-state index contributed by atoms with van der Waals surface area (Å²) < 4.78 is 3.69. The molecule has 0 bridgehead atoms. The van der Waals surface area contributed by atoms with Crippen LogP contribution in [0.3, 0.4) is 0 Å². The van der Waals surface area contributed by atoms with Crippen LogP contribution in [-0.2, 0) is 33.3 Å². The fraction of sp³-hybridized carbons (Fsp3) is 0.400. The Bertz CT molecular complexity index is 1410. The SMILES string of the molecule is CC(=O)Nc1cc(CC(C)(C)c2cnc3c(CC(N)=O)cccn23)nc2c(C(C)(C)C)cnn12. The number of hydrogen-bond donors (Lipinski definition) is 2. The highest BCUT2D eigenvalue weighted by Gasteiger charge is 2.28. The Morgan fingerprint density at radius 3 is 2.50 bits per heavy atom. The predicted molar refractivity (Wildman–Crippen MR) is 131 cm³/mol. The van der Waals surface area contributed by atoms with Gasteiger partial charge in [0.1, 0.15) is 11.5 Å². The first-order valence-electron chi connectivity index (χ1n) is 11.3. The summed E-state index contributed by atoms with van der Waals surface area (Å²) in [4.78, 5) is 32.9. The van der Waals surface area contributed by atoms with Crippen molar-refractivity contribution in [2.45, 2.75) is 65.2 Å². The molecule has 0 aliphatic carbocycles. The summed E-state index contributed by atoms with van der Waals surface area (Å²) in [6.45, 7) is 12.1. The molecule has 0 atom stereocenters. The van der Waals surface area contributed by atoms with Gasteiger partial charge in [-0.1, -0.05) is 40.7 Å². The summed E-state index contributed by atoms with van der Waals surface area (Å²) in [7, 11) is 0. The minimum Gasteiger partial charge on any atom is -0.369 e. The Labute approximate surface area is 198 Å². The topological polar surface area (TPSA) is 120 Å². The first-order valence-corrected chi connectivity index (χ1v) is 11.3. The average molecular weight is 462 g/mol. The number of rotatable bonds is 6. The molecule has 2 amide bonds. The molecule has 34 heavy (non-hydrogen) atoms. The second kappa shape index (κ2) is 8.23. The molecular formula is C25H31N7O2. The van der Waals surface area contributed by atoms with E-state index in [1.54, 1.807) is 4.52 Å². The van der Waals surface area contributed by atoms with Gasteiger partial charge in [0.15, 0.2) is 5.65 Å². The van der Waals surface area contributed by atoms with Gasteiger partial charge in [-0.05, 0) is 11.5 Å². The number of pyridine rings is 1. The Hall–Kier alpha value is -3.75. The van der Waals surface area contributed by atoms with Crippen molar-refractivity contribution in [3.63, 3.8) is 0 Å². The lowest BCUT2D eigenvalue weighted by Gasteiger charge is -2.25. The van der Waals surface area contributed by atoms with Crippen LogP contribution in [0.15, 0.2) is 36.8 Å². The van der Waals surface area contributed by atoms with E-state index >= 15 is 0 Å². The third-order valence-electron chi connectivity index (χ3n) is 5.93. The molecule has 0 radical (unpaired) electrons. The molecule has 9 nitrogen and oxygen atoms in total. The van der Waals surface area contributed by atoms with E-state index in [0.29, 0.717) is 12.2 Å². The summed E-state index contributed by atoms with van der Waals surface area (Å²) in [5, 5.41) is 7.38. The van der Waals surface area contributed by atoms with E-state index in [1.807, 2.05) is 41.2 Å². The Morgan fingerprint density at radius 2 is 1.85 bits per heavy atom. The van der Waals surface area contributed by atoms with Crippen molar-refractivity contribution in [2.75, 3.05) is 5.32 Å². The predicted octanol–water partition coefficient (Wildman–Crippen LogP) is 3.18. The Morgan fingerprint density at radius 1 is 1.12 bits per heavy atom. The maximum atomic E-state index is 11.9. The normalized spacial score (nSPS) is 12.4. The number of nitrogens with two attached hydrogens (primary N) is 1. The third kappa shape index (κ3) is 4.37. The van der Waals surface area contributed by atoms with Gasteiger partial charge in [-0.25, -0.2) is 9.97 Å². The van der Waals surface area contributed by atoms with Gasteiger partial charge in [-0.2, -0.15) is 9.61 Å².